The summed E-state index contributed by atoms with van der Waals surface area (Å²) in [5.41, 5.74) is -0.415. The second-order valence-corrected chi connectivity index (χ2v) is 6.47. The summed E-state index contributed by atoms with van der Waals surface area (Å²) >= 11 is 0. The SMILES string of the molecule is C#CCNC(=O)CCC(=O)N1C[C@H](OC(C)(C)C)C[C@H]1C(=O)O. The van der Waals surface area contributed by atoms with Gasteiger partial charge >= 0.3 is 5.97 Å². The zero-order valence-corrected chi connectivity index (χ0v) is 13.8. The molecule has 0 aromatic rings. The molecule has 0 bridgehead atoms. The minimum absolute atomic E-state index is 0.0197. The topological polar surface area (TPSA) is 95.9 Å². The number of carbonyl (C=O) groups is 3. The first kappa shape index (κ1) is 19.0. The van der Waals surface area contributed by atoms with Crippen LogP contribution in [-0.4, -0.2) is 58.6 Å². The number of hydrogen-bond acceptors (Lipinski definition) is 4. The van der Waals surface area contributed by atoms with Crippen LogP contribution in [0.25, 0.3) is 0 Å². The van der Waals surface area contributed by atoms with Crippen molar-refractivity contribution in [3.8, 4) is 12.3 Å². The molecular weight excluding hydrogens is 300 g/mol. The number of carboxylic acids is 1. The smallest absolute Gasteiger partial charge is 0.326 e. The molecule has 0 aromatic heterocycles. The zero-order valence-electron chi connectivity index (χ0n) is 13.8. The summed E-state index contributed by atoms with van der Waals surface area (Å²) in [4.78, 5) is 36.3. The van der Waals surface area contributed by atoms with Crippen LogP contribution in [0.2, 0.25) is 0 Å². The molecule has 2 amide bonds. The highest BCUT2D eigenvalue weighted by molar-refractivity contribution is 5.87. The van der Waals surface area contributed by atoms with Crippen LogP contribution in [-0.2, 0) is 19.1 Å². The third-order valence-corrected chi connectivity index (χ3v) is 3.34. The Bertz CT molecular complexity index is 504. The first-order valence-electron chi connectivity index (χ1n) is 7.54. The van der Waals surface area contributed by atoms with Crippen molar-refractivity contribution in [1.29, 1.82) is 0 Å². The summed E-state index contributed by atoms with van der Waals surface area (Å²) in [6.07, 6.45) is 4.89. The second kappa shape index (κ2) is 7.97. The molecule has 7 nitrogen and oxygen atoms in total. The molecule has 23 heavy (non-hydrogen) atoms. The average molecular weight is 324 g/mol. The van der Waals surface area contributed by atoms with E-state index in [0.29, 0.717) is 0 Å². The highest BCUT2D eigenvalue weighted by Gasteiger charge is 2.41. The molecule has 0 radical (unpaired) electrons. The first-order valence-corrected chi connectivity index (χ1v) is 7.54. The van der Waals surface area contributed by atoms with Gasteiger partial charge in [-0.1, -0.05) is 5.92 Å². The Labute approximate surface area is 136 Å². The third-order valence-electron chi connectivity index (χ3n) is 3.34. The lowest BCUT2D eigenvalue weighted by molar-refractivity contribution is -0.148. The van der Waals surface area contributed by atoms with Gasteiger partial charge in [-0.3, -0.25) is 9.59 Å². The maximum absolute atomic E-state index is 12.2. The standard InChI is InChI=1S/C16H24N2O5/c1-5-8-17-13(19)6-7-14(20)18-10-11(23-16(2,3)4)9-12(18)15(21)22/h1,11-12H,6-10H2,2-4H3,(H,17,19)(H,21,22)/t11-,12+/m1/s1. The summed E-state index contributed by atoms with van der Waals surface area (Å²) in [7, 11) is 0. The third kappa shape index (κ3) is 6.28. The number of ether oxygens (including phenoxy) is 1. The highest BCUT2D eigenvalue weighted by atomic mass is 16.5. The molecule has 7 heteroatoms. The van der Waals surface area contributed by atoms with Gasteiger partial charge in [0.25, 0.3) is 0 Å². The van der Waals surface area contributed by atoms with E-state index in [-0.39, 0.29) is 50.3 Å². The summed E-state index contributed by atoms with van der Waals surface area (Å²) in [6, 6.07) is -0.913. The van der Waals surface area contributed by atoms with Gasteiger partial charge in [0.2, 0.25) is 11.8 Å². The molecule has 0 spiro atoms. The Morgan fingerprint density at radius 1 is 1.35 bits per heavy atom. The Kier molecular flexibility index (Phi) is 6.58. The van der Waals surface area contributed by atoms with Crippen LogP contribution in [0.15, 0.2) is 0 Å². The number of carbonyl (C=O) groups excluding carboxylic acids is 2. The molecule has 0 unspecified atom stereocenters. The number of nitrogens with zero attached hydrogens (tertiary/aromatic N) is 1. The van der Waals surface area contributed by atoms with Gasteiger partial charge in [0.15, 0.2) is 0 Å². The van der Waals surface area contributed by atoms with Crippen LogP contribution >= 0.6 is 0 Å². The van der Waals surface area contributed by atoms with Gasteiger partial charge in [-0.15, -0.1) is 6.42 Å². The van der Waals surface area contributed by atoms with Gasteiger partial charge < -0.3 is 20.1 Å². The van der Waals surface area contributed by atoms with E-state index < -0.39 is 17.6 Å². The average Bonchev–Trinajstić information content (AvgIpc) is 2.84. The summed E-state index contributed by atoms with van der Waals surface area (Å²) in [6.45, 7) is 5.96. The number of hydrogen-bond donors (Lipinski definition) is 2. The van der Waals surface area contributed by atoms with Crippen molar-refractivity contribution in [1.82, 2.24) is 10.2 Å². The number of carboxylic acid groups (broad SMARTS) is 1. The monoisotopic (exact) mass is 324 g/mol. The molecule has 1 aliphatic rings. The van der Waals surface area contributed by atoms with Crippen LogP contribution in [0, 0.1) is 12.3 Å². The van der Waals surface area contributed by atoms with Crippen molar-refractivity contribution in [2.75, 3.05) is 13.1 Å². The minimum atomic E-state index is -1.06. The minimum Gasteiger partial charge on any atom is -0.480 e. The molecule has 1 rings (SSSR count). The highest BCUT2D eigenvalue weighted by Crippen LogP contribution is 2.25. The zero-order chi connectivity index (χ0) is 17.6. The van der Waals surface area contributed by atoms with Crippen LogP contribution in [0.3, 0.4) is 0 Å². The maximum Gasteiger partial charge on any atom is 0.326 e. The molecule has 2 N–H and O–H groups in total. The van der Waals surface area contributed by atoms with Crippen molar-refractivity contribution in [3.05, 3.63) is 0 Å². The molecule has 128 valence electrons. The normalized spacial score (nSPS) is 20.9. The van der Waals surface area contributed by atoms with Gasteiger partial charge in [-0.2, -0.15) is 0 Å². The summed E-state index contributed by atoms with van der Waals surface area (Å²) < 4.78 is 5.78. The van der Waals surface area contributed by atoms with Gasteiger partial charge in [0.05, 0.1) is 18.2 Å². The first-order chi connectivity index (χ1) is 10.6. The van der Waals surface area contributed by atoms with Gasteiger partial charge in [0.1, 0.15) is 6.04 Å². The Hall–Kier alpha value is -2.07. The Morgan fingerprint density at radius 2 is 2.00 bits per heavy atom. The van der Waals surface area contributed by atoms with Gasteiger partial charge in [-0.25, -0.2) is 4.79 Å². The van der Waals surface area contributed by atoms with Crippen LogP contribution in [0.4, 0.5) is 0 Å². The second-order valence-electron chi connectivity index (χ2n) is 6.47. The number of aliphatic carboxylic acids is 1. The molecule has 1 heterocycles. The van der Waals surface area contributed by atoms with Crippen molar-refractivity contribution in [2.45, 2.75) is 57.8 Å². The fraction of sp³-hybridized carbons (Fsp3) is 0.688. The predicted octanol–water partition coefficient (Wildman–Crippen LogP) is 0.385. The van der Waals surface area contributed by atoms with E-state index in [9.17, 15) is 19.5 Å². The summed E-state index contributed by atoms with van der Waals surface area (Å²) in [5.74, 6) is 0.513. The van der Waals surface area contributed by atoms with E-state index >= 15 is 0 Å². The Morgan fingerprint density at radius 3 is 2.52 bits per heavy atom. The predicted molar refractivity (Wildman–Crippen MR) is 83.5 cm³/mol. The van der Waals surface area contributed by atoms with Crippen molar-refractivity contribution < 1.29 is 24.2 Å². The van der Waals surface area contributed by atoms with E-state index in [4.69, 9.17) is 11.2 Å². The molecule has 0 saturated carbocycles. The fourth-order valence-corrected chi connectivity index (χ4v) is 2.49. The largest absolute Gasteiger partial charge is 0.480 e. The maximum atomic E-state index is 12.2. The lowest BCUT2D eigenvalue weighted by Gasteiger charge is -2.25. The van der Waals surface area contributed by atoms with E-state index in [1.165, 1.54) is 4.90 Å². The van der Waals surface area contributed by atoms with E-state index in [1.807, 2.05) is 20.8 Å². The Balaban J connectivity index is 2.61. The van der Waals surface area contributed by atoms with Crippen molar-refractivity contribution >= 4 is 17.8 Å². The lowest BCUT2D eigenvalue weighted by atomic mass is 10.1. The molecule has 1 aliphatic heterocycles. The van der Waals surface area contributed by atoms with Crippen molar-refractivity contribution in [2.24, 2.45) is 0 Å². The molecule has 1 saturated heterocycles. The number of nitrogens with one attached hydrogen (secondary N) is 1. The van der Waals surface area contributed by atoms with Gasteiger partial charge in [-0.05, 0) is 20.8 Å². The number of terminal acetylenes is 1. The van der Waals surface area contributed by atoms with Crippen LogP contribution in [0.5, 0.6) is 0 Å². The lowest BCUT2D eigenvalue weighted by Crippen LogP contribution is -2.41. The van der Waals surface area contributed by atoms with E-state index in [0.717, 1.165) is 0 Å². The van der Waals surface area contributed by atoms with E-state index in [1.54, 1.807) is 0 Å². The van der Waals surface area contributed by atoms with Crippen molar-refractivity contribution in [3.63, 3.8) is 0 Å². The van der Waals surface area contributed by atoms with Crippen LogP contribution in [0.1, 0.15) is 40.0 Å². The summed E-state index contributed by atoms with van der Waals surface area (Å²) in [5, 5.41) is 11.8. The molecule has 0 aliphatic carbocycles. The molecule has 2 atom stereocenters. The molecule has 1 fully saturated rings. The van der Waals surface area contributed by atoms with E-state index in [2.05, 4.69) is 11.2 Å². The quantitative estimate of drug-likeness (QED) is 0.689. The fourth-order valence-electron chi connectivity index (χ4n) is 2.49. The number of likely N-dealkylation sites (tertiary alicyclic amines) is 1. The number of amides is 2. The van der Waals surface area contributed by atoms with Gasteiger partial charge in [0, 0.05) is 25.8 Å². The molecule has 0 aromatic carbocycles. The van der Waals surface area contributed by atoms with Crippen LogP contribution < -0.4 is 5.32 Å². The molecular formula is C16H24N2O5. The number of rotatable bonds is 6.